The third-order valence-corrected chi connectivity index (χ3v) is 4.83. The number of cyclic esters (lactones) is 1. The summed E-state index contributed by atoms with van der Waals surface area (Å²) in [6.45, 7) is 5.72. The van der Waals surface area contributed by atoms with Gasteiger partial charge in [-0.2, -0.15) is 5.26 Å². The molecule has 3 atom stereocenters. The zero-order chi connectivity index (χ0) is 20.5. The molecule has 1 aliphatic rings. The maximum absolute atomic E-state index is 11.9. The molecule has 1 fully saturated rings. The van der Waals surface area contributed by atoms with Crippen LogP contribution in [0.1, 0.15) is 37.8 Å². The van der Waals surface area contributed by atoms with E-state index >= 15 is 0 Å². The summed E-state index contributed by atoms with van der Waals surface area (Å²) in [7, 11) is 1.64. The van der Waals surface area contributed by atoms with Crippen molar-refractivity contribution in [3.05, 3.63) is 29.3 Å². The van der Waals surface area contributed by atoms with Crippen LogP contribution in [0.15, 0.2) is 18.2 Å². The predicted molar refractivity (Wildman–Crippen MR) is 104 cm³/mol. The van der Waals surface area contributed by atoms with E-state index in [1.165, 1.54) is 0 Å². The zero-order valence-electron chi connectivity index (χ0n) is 16.8. The number of hydrogen-bond donors (Lipinski definition) is 1. The Morgan fingerprint density at radius 2 is 2.14 bits per heavy atom. The SMILES string of the molecule is COCCCOc1cc(COCC(N)C2C[C@@H](C(C)C)C(=O)O2)ccc1C#N. The van der Waals surface area contributed by atoms with Crippen molar-refractivity contribution in [2.45, 2.75) is 45.4 Å². The summed E-state index contributed by atoms with van der Waals surface area (Å²) in [4.78, 5) is 11.9. The van der Waals surface area contributed by atoms with Crippen LogP contribution in [0.25, 0.3) is 0 Å². The van der Waals surface area contributed by atoms with Gasteiger partial charge in [0.1, 0.15) is 17.9 Å². The molecule has 154 valence electrons. The van der Waals surface area contributed by atoms with Crippen LogP contribution < -0.4 is 10.5 Å². The predicted octanol–water partition coefficient (Wildman–Crippen LogP) is 2.41. The van der Waals surface area contributed by atoms with Gasteiger partial charge in [-0.15, -0.1) is 0 Å². The molecule has 2 rings (SSSR count). The van der Waals surface area contributed by atoms with Crippen molar-refractivity contribution in [3.8, 4) is 11.8 Å². The maximum atomic E-state index is 11.9. The second-order valence-corrected chi connectivity index (χ2v) is 7.38. The number of methoxy groups -OCH3 is 1. The van der Waals surface area contributed by atoms with Gasteiger partial charge in [0, 0.05) is 20.1 Å². The van der Waals surface area contributed by atoms with E-state index in [1.807, 2.05) is 19.9 Å². The van der Waals surface area contributed by atoms with Crippen LogP contribution in [-0.4, -0.2) is 45.0 Å². The van der Waals surface area contributed by atoms with Gasteiger partial charge in [-0.1, -0.05) is 19.9 Å². The minimum absolute atomic E-state index is 0.0904. The van der Waals surface area contributed by atoms with Crippen LogP contribution in [0.2, 0.25) is 0 Å². The Morgan fingerprint density at radius 3 is 2.79 bits per heavy atom. The third-order valence-electron chi connectivity index (χ3n) is 4.83. The summed E-state index contributed by atoms with van der Waals surface area (Å²) in [5.41, 5.74) is 7.52. The van der Waals surface area contributed by atoms with Gasteiger partial charge in [0.05, 0.1) is 37.3 Å². The minimum Gasteiger partial charge on any atom is -0.492 e. The monoisotopic (exact) mass is 390 g/mol. The van der Waals surface area contributed by atoms with E-state index < -0.39 is 0 Å². The lowest BCUT2D eigenvalue weighted by Gasteiger charge is -2.18. The second-order valence-electron chi connectivity index (χ2n) is 7.38. The molecule has 0 bridgehead atoms. The maximum Gasteiger partial charge on any atom is 0.309 e. The van der Waals surface area contributed by atoms with Crippen molar-refractivity contribution >= 4 is 5.97 Å². The van der Waals surface area contributed by atoms with E-state index in [-0.39, 0.29) is 36.6 Å². The Hall–Kier alpha value is -2.14. The summed E-state index contributed by atoms with van der Waals surface area (Å²) in [5, 5.41) is 9.22. The number of nitrogens with zero attached hydrogens (tertiary/aromatic N) is 1. The van der Waals surface area contributed by atoms with Crippen molar-refractivity contribution < 1.29 is 23.7 Å². The van der Waals surface area contributed by atoms with Crippen LogP contribution >= 0.6 is 0 Å². The van der Waals surface area contributed by atoms with Crippen molar-refractivity contribution in [1.82, 2.24) is 0 Å². The van der Waals surface area contributed by atoms with Crippen molar-refractivity contribution in [2.75, 3.05) is 26.9 Å². The van der Waals surface area contributed by atoms with Gasteiger partial charge < -0.3 is 24.7 Å². The molecule has 1 heterocycles. The van der Waals surface area contributed by atoms with Gasteiger partial charge in [0.2, 0.25) is 0 Å². The van der Waals surface area contributed by atoms with E-state index in [9.17, 15) is 10.1 Å². The number of carbonyl (C=O) groups is 1. The number of ether oxygens (including phenoxy) is 4. The highest BCUT2D eigenvalue weighted by Gasteiger charge is 2.39. The lowest BCUT2D eigenvalue weighted by Crippen LogP contribution is -2.38. The fourth-order valence-electron chi connectivity index (χ4n) is 3.11. The molecule has 0 aliphatic carbocycles. The molecule has 1 aromatic carbocycles. The van der Waals surface area contributed by atoms with Crippen molar-refractivity contribution in [1.29, 1.82) is 5.26 Å². The van der Waals surface area contributed by atoms with Crippen LogP contribution in [0, 0.1) is 23.2 Å². The first-order chi connectivity index (χ1) is 13.5. The highest BCUT2D eigenvalue weighted by molar-refractivity contribution is 5.75. The Labute approximate surface area is 166 Å². The van der Waals surface area contributed by atoms with E-state index in [0.29, 0.717) is 37.6 Å². The topological polar surface area (TPSA) is 104 Å². The van der Waals surface area contributed by atoms with Gasteiger partial charge in [0.25, 0.3) is 0 Å². The standard InChI is InChI=1S/C21H30N2O5/c1-14(2)17-10-20(28-21(17)24)18(23)13-26-12-15-5-6-16(11-22)19(9-15)27-8-4-7-25-3/h5-6,9,14,17-18,20H,4,7-8,10,12-13,23H2,1-3H3/t17-,18?,20?/m0/s1. The highest BCUT2D eigenvalue weighted by atomic mass is 16.6. The van der Waals surface area contributed by atoms with Crippen molar-refractivity contribution in [3.63, 3.8) is 0 Å². The molecule has 0 aromatic heterocycles. The fraction of sp³-hybridized carbons (Fsp3) is 0.619. The highest BCUT2D eigenvalue weighted by Crippen LogP contribution is 2.29. The number of rotatable bonds is 11. The number of esters is 1. The Kier molecular flexibility index (Phi) is 8.71. The summed E-state index contributed by atoms with van der Waals surface area (Å²) in [6.07, 6.45) is 1.08. The van der Waals surface area contributed by atoms with Crippen LogP contribution in [-0.2, 0) is 25.6 Å². The Morgan fingerprint density at radius 1 is 1.36 bits per heavy atom. The summed E-state index contributed by atoms with van der Waals surface area (Å²) >= 11 is 0. The molecule has 0 spiro atoms. The molecule has 7 nitrogen and oxygen atoms in total. The van der Waals surface area contributed by atoms with E-state index in [0.717, 1.165) is 12.0 Å². The zero-order valence-corrected chi connectivity index (χ0v) is 16.8. The second kappa shape index (κ2) is 11.0. The van der Waals surface area contributed by atoms with Gasteiger partial charge >= 0.3 is 5.97 Å². The molecule has 0 saturated carbocycles. The summed E-state index contributed by atoms with van der Waals surface area (Å²) < 4.78 is 21.8. The number of carbonyl (C=O) groups excluding carboxylic acids is 1. The lowest BCUT2D eigenvalue weighted by molar-refractivity contribution is -0.146. The first-order valence-corrected chi connectivity index (χ1v) is 9.64. The third kappa shape index (κ3) is 6.20. The van der Waals surface area contributed by atoms with E-state index in [1.54, 1.807) is 19.2 Å². The normalized spacial score (nSPS) is 20.1. The molecule has 7 heteroatoms. The van der Waals surface area contributed by atoms with Gasteiger partial charge in [-0.25, -0.2) is 0 Å². The molecule has 0 radical (unpaired) electrons. The minimum atomic E-state index is -0.365. The number of nitriles is 1. The Balaban J connectivity index is 1.83. The molecule has 1 aliphatic heterocycles. The summed E-state index contributed by atoms with van der Waals surface area (Å²) in [6, 6.07) is 7.12. The van der Waals surface area contributed by atoms with Gasteiger partial charge in [-0.05, 0) is 30.0 Å². The largest absolute Gasteiger partial charge is 0.492 e. The van der Waals surface area contributed by atoms with Crippen LogP contribution in [0.4, 0.5) is 0 Å². The average molecular weight is 390 g/mol. The molecule has 2 unspecified atom stereocenters. The molecule has 1 aromatic rings. The van der Waals surface area contributed by atoms with Gasteiger partial charge in [-0.3, -0.25) is 4.79 Å². The molecule has 1 saturated heterocycles. The van der Waals surface area contributed by atoms with Gasteiger partial charge in [0.15, 0.2) is 0 Å². The fourth-order valence-corrected chi connectivity index (χ4v) is 3.11. The number of hydrogen-bond acceptors (Lipinski definition) is 7. The molecule has 28 heavy (non-hydrogen) atoms. The first kappa shape index (κ1) is 22.2. The van der Waals surface area contributed by atoms with E-state index in [4.69, 9.17) is 24.7 Å². The smallest absolute Gasteiger partial charge is 0.309 e. The lowest BCUT2D eigenvalue weighted by atomic mass is 9.91. The van der Waals surface area contributed by atoms with Crippen molar-refractivity contribution in [2.24, 2.45) is 17.6 Å². The average Bonchev–Trinajstić information content (AvgIpc) is 3.07. The van der Waals surface area contributed by atoms with Crippen LogP contribution in [0.3, 0.4) is 0 Å². The molecular weight excluding hydrogens is 360 g/mol. The molecule has 2 N–H and O–H groups in total. The summed E-state index contributed by atoms with van der Waals surface area (Å²) in [5.74, 6) is 0.519. The molecule has 0 amide bonds. The van der Waals surface area contributed by atoms with E-state index in [2.05, 4.69) is 6.07 Å². The number of benzene rings is 1. The molecular formula is C21H30N2O5. The Bertz CT molecular complexity index is 686. The first-order valence-electron chi connectivity index (χ1n) is 9.64. The quantitative estimate of drug-likeness (QED) is 0.457. The number of nitrogens with two attached hydrogens (primary N) is 1. The van der Waals surface area contributed by atoms with Crippen LogP contribution in [0.5, 0.6) is 5.75 Å².